The van der Waals surface area contributed by atoms with Gasteiger partial charge in [0.15, 0.2) is 5.16 Å². The molecule has 3 rings (SSSR count). The number of nitrogens with one attached hydrogen (secondary N) is 1. The predicted octanol–water partition coefficient (Wildman–Crippen LogP) is 4.30. The minimum atomic E-state index is -0.128. The van der Waals surface area contributed by atoms with Crippen LogP contribution in [0.3, 0.4) is 0 Å². The zero-order chi connectivity index (χ0) is 20.1. The van der Waals surface area contributed by atoms with Gasteiger partial charge in [0.1, 0.15) is 12.1 Å². The van der Waals surface area contributed by atoms with Crippen molar-refractivity contribution < 1.29 is 9.53 Å². The minimum absolute atomic E-state index is 0.0212. The molecule has 0 fully saturated rings. The number of carbonyl (C=O) groups excluding carboxylic acids is 1. The molecule has 0 aliphatic rings. The number of hydrogen-bond donors (Lipinski definition) is 1. The molecule has 0 unspecified atom stereocenters. The number of benzene rings is 2. The number of hydrogen-bond acceptors (Lipinski definition) is 5. The lowest BCUT2D eigenvalue weighted by atomic mass is 9.87. The minimum Gasteiger partial charge on any atom is -0.495 e. The SMILES string of the molecule is COc1ccc(C(C)(C)C)cc1NC(=O)CSc1nncn1-c1ccccc1. The highest BCUT2D eigenvalue weighted by Gasteiger charge is 2.17. The van der Waals surface area contributed by atoms with Crippen molar-refractivity contribution in [2.75, 3.05) is 18.2 Å². The predicted molar refractivity (Wildman–Crippen MR) is 112 cm³/mol. The summed E-state index contributed by atoms with van der Waals surface area (Å²) >= 11 is 1.34. The van der Waals surface area contributed by atoms with E-state index in [2.05, 4.69) is 36.3 Å². The molecule has 3 aromatic rings. The first kappa shape index (κ1) is 19.9. The molecule has 0 spiro atoms. The molecule has 1 aromatic heterocycles. The van der Waals surface area contributed by atoms with Crippen molar-refractivity contribution in [1.82, 2.24) is 14.8 Å². The van der Waals surface area contributed by atoms with Crippen molar-refractivity contribution in [3.8, 4) is 11.4 Å². The Balaban J connectivity index is 1.70. The molecule has 28 heavy (non-hydrogen) atoms. The lowest BCUT2D eigenvalue weighted by Gasteiger charge is -2.21. The van der Waals surface area contributed by atoms with Gasteiger partial charge in [0.2, 0.25) is 5.91 Å². The first-order valence-electron chi connectivity index (χ1n) is 8.95. The summed E-state index contributed by atoms with van der Waals surface area (Å²) in [6.45, 7) is 6.39. The quantitative estimate of drug-likeness (QED) is 0.629. The third-order valence-corrected chi connectivity index (χ3v) is 5.17. The number of amides is 1. The molecular formula is C21H24N4O2S. The maximum absolute atomic E-state index is 12.5. The first-order valence-corrected chi connectivity index (χ1v) is 9.93. The van der Waals surface area contributed by atoms with Crippen molar-refractivity contribution in [2.45, 2.75) is 31.3 Å². The van der Waals surface area contributed by atoms with Gasteiger partial charge < -0.3 is 10.1 Å². The Hall–Kier alpha value is -2.80. The molecule has 7 heteroatoms. The van der Waals surface area contributed by atoms with Gasteiger partial charge in [-0.1, -0.05) is 56.8 Å². The van der Waals surface area contributed by atoms with Crippen molar-refractivity contribution in [3.63, 3.8) is 0 Å². The van der Waals surface area contributed by atoms with Crippen LogP contribution in [0.25, 0.3) is 5.69 Å². The molecular weight excluding hydrogens is 372 g/mol. The summed E-state index contributed by atoms with van der Waals surface area (Å²) in [5, 5.41) is 11.7. The summed E-state index contributed by atoms with van der Waals surface area (Å²) in [5.74, 6) is 0.727. The third-order valence-electron chi connectivity index (χ3n) is 4.22. The fourth-order valence-electron chi connectivity index (χ4n) is 2.68. The second kappa shape index (κ2) is 8.48. The molecule has 6 nitrogen and oxygen atoms in total. The number of aromatic nitrogens is 3. The van der Waals surface area contributed by atoms with E-state index in [0.717, 1.165) is 11.3 Å². The van der Waals surface area contributed by atoms with Crippen LogP contribution >= 0.6 is 11.8 Å². The van der Waals surface area contributed by atoms with Crippen LogP contribution in [0, 0.1) is 0 Å². The molecule has 0 aliphatic heterocycles. The van der Waals surface area contributed by atoms with Crippen LogP contribution in [-0.4, -0.2) is 33.5 Å². The Morgan fingerprint density at radius 2 is 1.93 bits per heavy atom. The summed E-state index contributed by atoms with van der Waals surface area (Å²) in [5.41, 5.74) is 2.73. The zero-order valence-corrected chi connectivity index (χ0v) is 17.3. The lowest BCUT2D eigenvalue weighted by Crippen LogP contribution is -2.17. The van der Waals surface area contributed by atoms with Gasteiger partial charge in [0, 0.05) is 5.69 Å². The van der Waals surface area contributed by atoms with Crippen LogP contribution in [-0.2, 0) is 10.2 Å². The van der Waals surface area contributed by atoms with Crippen LogP contribution in [0.1, 0.15) is 26.3 Å². The number of methoxy groups -OCH3 is 1. The van der Waals surface area contributed by atoms with Crippen molar-refractivity contribution >= 4 is 23.4 Å². The zero-order valence-electron chi connectivity index (χ0n) is 16.5. The summed E-state index contributed by atoms with van der Waals surface area (Å²) < 4.78 is 7.25. The van der Waals surface area contributed by atoms with Crippen molar-refractivity contribution in [2.24, 2.45) is 0 Å². The molecule has 2 aromatic carbocycles. The summed E-state index contributed by atoms with van der Waals surface area (Å²) in [4.78, 5) is 12.5. The highest BCUT2D eigenvalue weighted by Crippen LogP contribution is 2.31. The Bertz CT molecular complexity index is 949. The summed E-state index contributed by atoms with van der Waals surface area (Å²) in [6.07, 6.45) is 1.64. The number of thioether (sulfide) groups is 1. The van der Waals surface area contributed by atoms with Crippen LogP contribution < -0.4 is 10.1 Å². The van der Waals surface area contributed by atoms with Gasteiger partial charge in [0.25, 0.3) is 0 Å². The number of carbonyl (C=O) groups is 1. The summed E-state index contributed by atoms with van der Waals surface area (Å²) in [7, 11) is 1.60. The first-order chi connectivity index (χ1) is 13.4. The van der Waals surface area contributed by atoms with Gasteiger partial charge in [-0.3, -0.25) is 9.36 Å². The van der Waals surface area contributed by atoms with E-state index in [9.17, 15) is 4.79 Å². The van der Waals surface area contributed by atoms with E-state index in [1.165, 1.54) is 11.8 Å². The number of para-hydroxylation sites is 1. The van der Waals surface area contributed by atoms with E-state index < -0.39 is 0 Å². The van der Waals surface area contributed by atoms with Gasteiger partial charge in [-0.2, -0.15) is 0 Å². The lowest BCUT2D eigenvalue weighted by molar-refractivity contribution is -0.113. The van der Waals surface area contributed by atoms with Gasteiger partial charge in [-0.25, -0.2) is 0 Å². The van der Waals surface area contributed by atoms with Crippen molar-refractivity contribution in [3.05, 3.63) is 60.4 Å². The third kappa shape index (κ3) is 4.72. The maximum atomic E-state index is 12.5. The highest BCUT2D eigenvalue weighted by atomic mass is 32.2. The molecule has 0 bridgehead atoms. The molecule has 1 amide bonds. The maximum Gasteiger partial charge on any atom is 0.234 e. The monoisotopic (exact) mass is 396 g/mol. The number of anilines is 1. The van der Waals surface area contributed by atoms with Crippen LogP contribution in [0.4, 0.5) is 5.69 Å². The van der Waals surface area contributed by atoms with E-state index in [0.29, 0.717) is 16.6 Å². The fraction of sp³-hybridized carbons (Fsp3) is 0.286. The van der Waals surface area contributed by atoms with E-state index in [-0.39, 0.29) is 17.1 Å². The number of rotatable bonds is 6. The van der Waals surface area contributed by atoms with Crippen LogP contribution in [0.2, 0.25) is 0 Å². The number of ether oxygens (including phenoxy) is 1. The number of nitrogens with zero attached hydrogens (tertiary/aromatic N) is 3. The largest absolute Gasteiger partial charge is 0.495 e. The van der Waals surface area contributed by atoms with Gasteiger partial charge in [-0.15, -0.1) is 10.2 Å². The van der Waals surface area contributed by atoms with E-state index in [1.54, 1.807) is 13.4 Å². The van der Waals surface area contributed by atoms with E-state index >= 15 is 0 Å². The standard InChI is InChI=1S/C21H24N4O2S/c1-21(2,3)15-10-11-18(27-4)17(12-15)23-19(26)13-28-20-24-22-14-25(20)16-8-6-5-7-9-16/h5-12,14H,13H2,1-4H3,(H,23,26). The van der Waals surface area contributed by atoms with Gasteiger partial charge in [-0.05, 0) is 35.2 Å². The molecule has 0 aliphatic carbocycles. The second-order valence-electron chi connectivity index (χ2n) is 7.32. The smallest absolute Gasteiger partial charge is 0.234 e. The fourth-order valence-corrected chi connectivity index (χ4v) is 3.41. The summed E-state index contributed by atoms with van der Waals surface area (Å²) in [6, 6.07) is 15.7. The molecule has 0 radical (unpaired) electrons. The molecule has 0 saturated carbocycles. The molecule has 0 atom stereocenters. The van der Waals surface area contributed by atoms with Crippen molar-refractivity contribution in [1.29, 1.82) is 0 Å². The second-order valence-corrected chi connectivity index (χ2v) is 8.26. The van der Waals surface area contributed by atoms with Gasteiger partial charge in [0.05, 0.1) is 18.6 Å². The molecule has 146 valence electrons. The average Bonchev–Trinajstić information content (AvgIpc) is 3.15. The Morgan fingerprint density at radius 1 is 1.18 bits per heavy atom. The Morgan fingerprint density at radius 3 is 2.61 bits per heavy atom. The molecule has 0 saturated heterocycles. The highest BCUT2D eigenvalue weighted by molar-refractivity contribution is 7.99. The topological polar surface area (TPSA) is 69.0 Å². The Labute approximate surface area is 169 Å². The van der Waals surface area contributed by atoms with E-state index in [4.69, 9.17) is 4.74 Å². The van der Waals surface area contributed by atoms with Gasteiger partial charge >= 0.3 is 0 Å². The average molecular weight is 397 g/mol. The Kier molecular flexibility index (Phi) is 6.04. The normalized spacial score (nSPS) is 11.3. The molecule has 1 heterocycles. The molecule has 1 N–H and O–H groups in total. The van der Waals surface area contributed by atoms with Crippen LogP contribution in [0.5, 0.6) is 5.75 Å². The van der Waals surface area contributed by atoms with E-state index in [1.807, 2.05) is 53.1 Å². The van der Waals surface area contributed by atoms with Crippen LogP contribution in [0.15, 0.2) is 60.0 Å².